The van der Waals surface area contributed by atoms with Crippen molar-refractivity contribution in [3.8, 4) is 5.75 Å². The lowest BCUT2D eigenvalue weighted by molar-refractivity contribution is -0.388. The predicted molar refractivity (Wildman–Crippen MR) is 103 cm³/mol. The van der Waals surface area contributed by atoms with Gasteiger partial charge in [0.05, 0.1) is 17.0 Å². The maximum Gasteiger partial charge on any atom is 0.380 e. The molecule has 12 nitrogen and oxygen atoms in total. The van der Waals surface area contributed by atoms with Gasteiger partial charge in [0.1, 0.15) is 5.56 Å². The van der Waals surface area contributed by atoms with E-state index in [1.807, 2.05) is 0 Å². The molecule has 14 heteroatoms. The van der Waals surface area contributed by atoms with Crippen LogP contribution >= 0.6 is 21.6 Å². The molecule has 0 N–H and O–H groups in total. The molecule has 2 aromatic rings. The Labute approximate surface area is 176 Å². The van der Waals surface area contributed by atoms with E-state index < -0.39 is 33.2 Å². The molecule has 0 amide bonds. The maximum atomic E-state index is 11.9. The van der Waals surface area contributed by atoms with E-state index in [1.165, 1.54) is 30.3 Å². The molecule has 0 aliphatic carbocycles. The SMILES string of the molecule is COOC(=O)c1cc(SSc2ccc([N+](=O)[O-])c(OOC(C)=O)c2)ccc1[N+](=O)[O-]. The molecule has 0 atom stereocenters. The van der Waals surface area contributed by atoms with E-state index >= 15 is 0 Å². The Bertz CT molecular complexity index is 998. The highest BCUT2D eigenvalue weighted by Crippen LogP contribution is 2.41. The highest BCUT2D eigenvalue weighted by molar-refractivity contribution is 8.76. The third kappa shape index (κ3) is 6.07. The number of hydrogen-bond acceptors (Lipinski definition) is 12. The van der Waals surface area contributed by atoms with Gasteiger partial charge in [0, 0.05) is 34.9 Å². The lowest BCUT2D eigenvalue weighted by Gasteiger charge is -2.07. The zero-order valence-electron chi connectivity index (χ0n) is 15.3. The Morgan fingerprint density at radius 2 is 1.47 bits per heavy atom. The van der Waals surface area contributed by atoms with Gasteiger partial charge in [-0.3, -0.25) is 34.9 Å². The average Bonchev–Trinajstić information content (AvgIpc) is 2.70. The number of carbonyl (C=O) groups is 2. The van der Waals surface area contributed by atoms with Gasteiger partial charge in [0.25, 0.3) is 11.4 Å². The highest BCUT2D eigenvalue weighted by atomic mass is 33.1. The fourth-order valence-electron chi connectivity index (χ4n) is 1.97. The van der Waals surface area contributed by atoms with E-state index in [4.69, 9.17) is 4.89 Å². The second kappa shape index (κ2) is 10.4. The number of rotatable bonds is 9. The monoisotopic (exact) mass is 456 g/mol. The van der Waals surface area contributed by atoms with Gasteiger partial charge in [0.2, 0.25) is 0 Å². The van der Waals surface area contributed by atoms with Gasteiger partial charge in [-0.25, -0.2) is 9.59 Å². The summed E-state index contributed by atoms with van der Waals surface area (Å²) >= 11 is 0. The van der Waals surface area contributed by atoms with Crippen molar-refractivity contribution in [2.45, 2.75) is 16.7 Å². The quantitative estimate of drug-likeness (QED) is 0.232. The standard InChI is InChI=1S/C16H12N2O10S2/c1-9(19)26-27-15-8-11(4-6-14(15)18(23)24)30-29-10-3-5-13(17(21)22)12(7-10)16(20)28-25-2/h3-8H,1-2H3. The molecular weight excluding hydrogens is 444 g/mol. The number of nitro benzene ring substituents is 2. The third-order valence-electron chi connectivity index (χ3n) is 3.15. The van der Waals surface area contributed by atoms with Crippen molar-refractivity contribution < 1.29 is 39.0 Å². The normalized spacial score (nSPS) is 10.2. The summed E-state index contributed by atoms with van der Waals surface area (Å²) in [7, 11) is 3.30. The van der Waals surface area contributed by atoms with E-state index in [-0.39, 0.29) is 11.3 Å². The van der Waals surface area contributed by atoms with Crippen LogP contribution in [0.25, 0.3) is 0 Å². The zero-order valence-corrected chi connectivity index (χ0v) is 16.9. The van der Waals surface area contributed by atoms with Crippen LogP contribution in [0.15, 0.2) is 46.2 Å². The summed E-state index contributed by atoms with van der Waals surface area (Å²) in [6, 6.07) is 7.69. The molecule has 0 bridgehead atoms. The van der Waals surface area contributed by atoms with Crippen molar-refractivity contribution in [3.63, 3.8) is 0 Å². The molecule has 0 aliphatic rings. The van der Waals surface area contributed by atoms with Gasteiger partial charge in [-0.15, -0.1) is 0 Å². The van der Waals surface area contributed by atoms with Crippen molar-refractivity contribution in [1.82, 2.24) is 0 Å². The minimum atomic E-state index is -1.04. The minimum Gasteiger partial charge on any atom is -0.293 e. The Balaban J connectivity index is 2.23. The van der Waals surface area contributed by atoms with Gasteiger partial charge < -0.3 is 0 Å². The molecule has 0 fully saturated rings. The third-order valence-corrected chi connectivity index (χ3v) is 5.54. The largest absolute Gasteiger partial charge is 0.380 e. The molecule has 158 valence electrons. The molecule has 2 aromatic carbocycles. The number of nitrogens with zero attached hydrogens (tertiary/aromatic N) is 2. The molecular formula is C16H12N2O10S2. The first-order chi connectivity index (χ1) is 14.2. The molecule has 0 saturated heterocycles. The summed E-state index contributed by atoms with van der Waals surface area (Å²) < 4.78 is 0. The Morgan fingerprint density at radius 1 is 0.900 bits per heavy atom. The average molecular weight is 456 g/mol. The first kappa shape index (κ1) is 22.9. The summed E-state index contributed by atoms with van der Waals surface area (Å²) in [6.07, 6.45) is 0. The van der Waals surface area contributed by atoms with Crippen LogP contribution in [0, 0.1) is 20.2 Å². The number of benzene rings is 2. The van der Waals surface area contributed by atoms with Gasteiger partial charge in [-0.2, -0.15) is 4.89 Å². The Kier molecular flexibility index (Phi) is 7.97. The molecule has 30 heavy (non-hydrogen) atoms. The molecule has 0 unspecified atom stereocenters. The molecule has 0 aliphatic heterocycles. The lowest BCUT2D eigenvalue weighted by atomic mass is 10.2. The fourth-order valence-corrected chi connectivity index (χ4v) is 3.93. The van der Waals surface area contributed by atoms with Crippen molar-refractivity contribution in [1.29, 1.82) is 0 Å². The number of carbonyl (C=O) groups excluding carboxylic acids is 2. The second-order valence-electron chi connectivity index (χ2n) is 5.19. The van der Waals surface area contributed by atoms with E-state index in [2.05, 4.69) is 14.7 Å². The summed E-state index contributed by atoms with van der Waals surface area (Å²) in [5.41, 5.74) is -1.18. The van der Waals surface area contributed by atoms with Gasteiger partial charge in [0.15, 0.2) is 0 Å². The molecule has 0 aromatic heterocycles. The molecule has 2 rings (SSSR count). The van der Waals surface area contributed by atoms with Crippen LogP contribution in [0.4, 0.5) is 11.4 Å². The summed E-state index contributed by atoms with van der Waals surface area (Å²) in [5, 5.41) is 22.2. The van der Waals surface area contributed by atoms with Crippen LogP contribution < -0.4 is 4.89 Å². The van der Waals surface area contributed by atoms with E-state index in [0.29, 0.717) is 9.79 Å². The van der Waals surface area contributed by atoms with Crippen LogP contribution in [0.2, 0.25) is 0 Å². The van der Waals surface area contributed by atoms with E-state index in [9.17, 15) is 29.8 Å². The van der Waals surface area contributed by atoms with E-state index in [1.54, 1.807) is 0 Å². The summed E-state index contributed by atoms with van der Waals surface area (Å²) in [4.78, 5) is 62.1. The topological polar surface area (TPSA) is 157 Å². The van der Waals surface area contributed by atoms with Crippen molar-refractivity contribution in [3.05, 3.63) is 62.2 Å². The van der Waals surface area contributed by atoms with Gasteiger partial charge >= 0.3 is 17.6 Å². The van der Waals surface area contributed by atoms with Gasteiger partial charge in [-0.05, 0) is 18.2 Å². The van der Waals surface area contributed by atoms with Gasteiger partial charge in [-0.1, -0.05) is 21.6 Å². The Hall–Kier alpha value is -3.36. The summed E-state index contributed by atoms with van der Waals surface area (Å²) in [5.74, 6) is -2.11. The molecule has 0 radical (unpaired) electrons. The Morgan fingerprint density at radius 3 is 2.00 bits per heavy atom. The molecule has 0 saturated carbocycles. The fraction of sp³-hybridized carbons (Fsp3) is 0.125. The first-order valence-corrected chi connectivity index (χ1v) is 9.89. The van der Waals surface area contributed by atoms with Crippen molar-refractivity contribution in [2.24, 2.45) is 0 Å². The number of hydrogen-bond donors (Lipinski definition) is 0. The van der Waals surface area contributed by atoms with Crippen molar-refractivity contribution in [2.75, 3.05) is 7.11 Å². The summed E-state index contributed by atoms with van der Waals surface area (Å²) in [6.45, 7) is 1.07. The first-order valence-electron chi connectivity index (χ1n) is 7.74. The van der Waals surface area contributed by atoms with Crippen LogP contribution in [0.5, 0.6) is 5.75 Å². The highest BCUT2D eigenvalue weighted by Gasteiger charge is 2.23. The number of nitro groups is 2. The molecule has 0 heterocycles. The second-order valence-corrected chi connectivity index (χ2v) is 7.46. The minimum absolute atomic E-state index is 0.283. The van der Waals surface area contributed by atoms with E-state index in [0.717, 1.165) is 41.7 Å². The van der Waals surface area contributed by atoms with Crippen LogP contribution in [0.1, 0.15) is 17.3 Å². The maximum absolute atomic E-state index is 11.9. The van der Waals surface area contributed by atoms with Crippen LogP contribution in [-0.2, 0) is 19.5 Å². The zero-order chi connectivity index (χ0) is 22.3. The molecule has 0 spiro atoms. The smallest absolute Gasteiger partial charge is 0.293 e. The van der Waals surface area contributed by atoms with Crippen LogP contribution in [-0.4, -0.2) is 28.9 Å². The van der Waals surface area contributed by atoms with Crippen molar-refractivity contribution >= 4 is 44.9 Å². The predicted octanol–water partition coefficient (Wildman–Crippen LogP) is 3.88. The lowest BCUT2D eigenvalue weighted by Crippen LogP contribution is -2.07. The van der Waals surface area contributed by atoms with Crippen LogP contribution in [0.3, 0.4) is 0 Å².